The van der Waals surface area contributed by atoms with Crippen LogP contribution in [0.2, 0.25) is 0 Å². The van der Waals surface area contributed by atoms with Gasteiger partial charge < -0.3 is 15.0 Å². The van der Waals surface area contributed by atoms with Crippen LogP contribution in [-0.2, 0) is 0 Å². The molecule has 6 nitrogen and oxygen atoms in total. The summed E-state index contributed by atoms with van der Waals surface area (Å²) in [5.41, 5.74) is 7.85. The third-order valence-corrected chi connectivity index (χ3v) is 6.43. The monoisotopic (exact) mass is 435 g/mol. The summed E-state index contributed by atoms with van der Waals surface area (Å²) in [5, 5.41) is 8.16. The molecule has 164 valence electrons. The first-order valence-electron chi connectivity index (χ1n) is 11.1. The molecule has 3 heterocycles. The summed E-state index contributed by atoms with van der Waals surface area (Å²) in [6.45, 7) is 2.10. The van der Waals surface area contributed by atoms with E-state index < -0.39 is 0 Å². The quantitative estimate of drug-likeness (QED) is 0.479. The second-order valence-electron chi connectivity index (χ2n) is 8.78. The third-order valence-electron chi connectivity index (χ3n) is 6.43. The molecule has 0 radical (unpaired) electrons. The lowest BCUT2D eigenvalue weighted by molar-refractivity contribution is 0.223. The minimum atomic E-state index is -0.251. The summed E-state index contributed by atoms with van der Waals surface area (Å²) >= 11 is 0. The fraction of sp³-hybridized carbons (Fsp3) is 0.185. The number of ether oxygens (including phenoxy) is 1. The first-order valence-corrected chi connectivity index (χ1v) is 11.1. The molecule has 0 bridgehead atoms. The van der Waals surface area contributed by atoms with Gasteiger partial charge in [0.15, 0.2) is 0 Å². The highest BCUT2D eigenvalue weighted by atomic mass is 16.5. The first kappa shape index (κ1) is 19.6. The largest absolute Gasteiger partial charge is 0.480 e. The normalized spacial score (nSPS) is 18.5. The minimum Gasteiger partial charge on any atom is -0.480 e. The lowest BCUT2D eigenvalue weighted by atomic mass is 9.84. The Kier molecular flexibility index (Phi) is 4.47. The van der Waals surface area contributed by atoms with Crippen molar-refractivity contribution >= 4 is 17.3 Å². The van der Waals surface area contributed by atoms with Gasteiger partial charge in [0.05, 0.1) is 5.70 Å². The fourth-order valence-corrected chi connectivity index (χ4v) is 4.71. The SMILES string of the molecule is Cc1ccc([C@@H]2Oc3ccccc3C3=C2[C@H](c2ccc(N(C)C)cc2)n2ncnc2N3)cc1. The second-order valence-corrected chi connectivity index (χ2v) is 8.78. The van der Waals surface area contributed by atoms with Crippen molar-refractivity contribution in [1.29, 1.82) is 0 Å². The van der Waals surface area contributed by atoms with Gasteiger partial charge in [-0.2, -0.15) is 10.1 Å². The van der Waals surface area contributed by atoms with Gasteiger partial charge in [-0.15, -0.1) is 0 Å². The molecule has 1 N–H and O–H groups in total. The van der Waals surface area contributed by atoms with E-state index in [2.05, 4.69) is 95.9 Å². The van der Waals surface area contributed by atoms with Crippen molar-refractivity contribution in [3.63, 3.8) is 0 Å². The zero-order chi connectivity index (χ0) is 22.5. The molecule has 0 aliphatic carbocycles. The third kappa shape index (κ3) is 3.18. The number of hydrogen-bond donors (Lipinski definition) is 1. The van der Waals surface area contributed by atoms with Crippen molar-refractivity contribution in [3.8, 4) is 5.75 Å². The highest BCUT2D eigenvalue weighted by Gasteiger charge is 2.40. The minimum absolute atomic E-state index is 0.144. The Morgan fingerprint density at radius 1 is 0.909 bits per heavy atom. The van der Waals surface area contributed by atoms with Crippen LogP contribution in [-0.4, -0.2) is 28.9 Å². The number of nitrogens with one attached hydrogen (secondary N) is 1. The zero-order valence-electron chi connectivity index (χ0n) is 18.9. The molecule has 2 aliphatic rings. The maximum absolute atomic E-state index is 6.67. The molecule has 0 saturated carbocycles. The Balaban J connectivity index is 1.59. The van der Waals surface area contributed by atoms with Crippen molar-refractivity contribution in [3.05, 3.63) is 107 Å². The van der Waals surface area contributed by atoms with Gasteiger partial charge >= 0.3 is 0 Å². The number of anilines is 2. The maximum atomic E-state index is 6.67. The Labute approximate surface area is 193 Å². The molecule has 2 atom stereocenters. The number of benzene rings is 3. The molecule has 2 aliphatic heterocycles. The van der Waals surface area contributed by atoms with E-state index in [0.717, 1.165) is 45.3 Å². The molecule has 6 rings (SSSR count). The van der Waals surface area contributed by atoms with Crippen molar-refractivity contribution in [1.82, 2.24) is 14.8 Å². The molecule has 0 fully saturated rings. The molecule has 0 spiro atoms. The van der Waals surface area contributed by atoms with Gasteiger partial charge in [-0.25, -0.2) is 4.68 Å². The molecule has 6 heteroatoms. The summed E-state index contributed by atoms with van der Waals surface area (Å²) in [5.74, 6) is 1.60. The lowest BCUT2D eigenvalue weighted by Gasteiger charge is -2.39. The van der Waals surface area contributed by atoms with Crippen LogP contribution in [0.5, 0.6) is 5.75 Å². The number of rotatable bonds is 3. The van der Waals surface area contributed by atoms with Gasteiger partial charge in [0.1, 0.15) is 24.2 Å². The van der Waals surface area contributed by atoms with Gasteiger partial charge in [-0.1, -0.05) is 54.1 Å². The smallest absolute Gasteiger partial charge is 0.226 e. The van der Waals surface area contributed by atoms with Crippen LogP contribution >= 0.6 is 0 Å². The van der Waals surface area contributed by atoms with Crippen molar-refractivity contribution in [2.45, 2.75) is 19.1 Å². The Morgan fingerprint density at radius 2 is 1.64 bits per heavy atom. The molecule has 1 aromatic heterocycles. The number of nitrogens with zero attached hydrogens (tertiary/aromatic N) is 4. The number of fused-ring (bicyclic) bond motifs is 3. The predicted molar refractivity (Wildman–Crippen MR) is 130 cm³/mol. The first-order chi connectivity index (χ1) is 16.1. The molecule has 4 aromatic rings. The van der Waals surface area contributed by atoms with Crippen molar-refractivity contribution in [2.75, 3.05) is 24.3 Å². The average Bonchev–Trinajstić information content (AvgIpc) is 3.31. The number of hydrogen-bond acceptors (Lipinski definition) is 5. The number of aryl methyl sites for hydroxylation is 1. The van der Waals surface area contributed by atoms with Crippen LogP contribution in [0.1, 0.15) is 34.4 Å². The van der Waals surface area contributed by atoms with Gasteiger partial charge in [-0.05, 0) is 42.3 Å². The van der Waals surface area contributed by atoms with Crippen molar-refractivity contribution < 1.29 is 4.74 Å². The van der Waals surface area contributed by atoms with E-state index in [0.29, 0.717) is 0 Å². The number of aromatic nitrogens is 3. The summed E-state index contributed by atoms with van der Waals surface area (Å²) < 4.78 is 8.63. The van der Waals surface area contributed by atoms with E-state index in [4.69, 9.17) is 4.74 Å². The van der Waals surface area contributed by atoms with E-state index >= 15 is 0 Å². The summed E-state index contributed by atoms with van der Waals surface area (Å²) in [6.07, 6.45) is 1.36. The topological polar surface area (TPSA) is 55.2 Å². The van der Waals surface area contributed by atoms with E-state index in [1.54, 1.807) is 6.33 Å². The predicted octanol–water partition coefficient (Wildman–Crippen LogP) is 5.21. The van der Waals surface area contributed by atoms with E-state index in [1.807, 2.05) is 22.9 Å². The van der Waals surface area contributed by atoms with Gasteiger partial charge in [0.2, 0.25) is 5.95 Å². The van der Waals surface area contributed by atoms with E-state index in [1.165, 1.54) is 5.56 Å². The number of para-hydroxylation sites is 1. The molecule has 0 amide bonds. The zero-order valence-corrected chi connectivity index (χ0v) is 18.9. The second kappa shape index (κ2) is 7.52. The summed E-state index contributed by atoms with van der Waals surface area (Å²) in [7, 11) is 4.10. The van der Waals surface area contributed by atoms with Gasteiger partial charge in [0.25, 0.3) is 0 Å². The van der Waals surface area contributed by atoms with E-state index in [9.17, 15) is 0 Å². The van der Waals surface area contributed by atoms with Crippen molar-refractivity contribution in [2.24, 2.45) is 0 Å². The van der Waals surface area contributed by atoms with Crippen LogP contribution < -0.4 is 15.0 Å². The van der Waals surface area contributed by atoms with Crippen LogP contribution in [0.25, 0.3) is 5.70 Å². The van der Waals surface area contributed by atoms with Crippen LogP contribution in [0.4, 0.5) is 11.6 Å². The Hall–Kier alpha value is -4.06. The van der Waals surface area contributed by atoms with Crippen LogP contribution in [0.15, 0.2) is 84.7 Å². The average molecular weight is 436 g/mol. The van der Waals surface area contributed by atoms with Crippen LogP contribution in [0.3, 0.4) is 0 Å². The lowest BCUT2D eigenvalue weighted by Crippen LogP contribution is -2.32. The van der Waals surface area contributed by atoms with E-state index in [-0.39, 0.29) is 12.1 Å². The van der Waals surface area contributed by atoms with Gasteiger partial charge in [-0.3, -0.25) is 0 Å². The molecule has 33 heavy (non-hydrogen) atoms. The molecular weight excluding hydrogens is 410 g/mol. The molecule has 0 saturated heterocycles. The molecule has 3 aromatic carbocycles. The standard InChI is InChI=1S/C27H25N5O/c1-17-8-10-19(11-9-17)26-23-24(21-6-4-5-7-22(21)33-26)30-27-28-16-29-32(27)25(23)18-12-14-20(15-13-18)31(2)3/h4-16,25-26H,1-3H3,(H,28,29,30)/t25-,26-/m0/s1. The Bertz CT molecular complexity index is 1350. The Morgan fingerprint density at radius 3 is 2.39 bits per heavy atom. The van der Waals surface area contributed by atoms with Gasteiger partial charge in [0, 0.05) is 30.9 Å². The summed E-state index contributed by atoms with van der Waals surface area (Å²) in [6, 6.07) is 25.3. The molecular formula is C27H25N5O. The summed E-state index contributed by atoms with van der Waals surface area (Å²) in [4.78, 5) is 6.61. The fourth-order valence-electron chi connectivity index (χ4n) is 4.71. The molecule has 0 unspecified atom stereocenters. The highest BCUT2D eigenvalue weighted by Crippen LogP contribution is 2.50. The van der Waals surface area contributed by atoms with Crippen LogP contribution in [0, 0.1) is 6.92 Å². The maximum Gasteiger partial charge on any atom is 0.226 e. The highest BCUT2D eigenvalue weighted by molar-refractivity contribution is 5.85.